The van der Waals surface area contributed by atoms with Crippen molar-refractivity contribution in [1.29, 1.82) is 0 Å². The molecule has 4 nitrogen and oxygen atoms in total. The molecule has 1 aliphatic heterocycles. The number of hydrogen-bond acceptors (Lipinski definition) is 4. The molecule has 11 rings (SSSR count). The predicted molar refractivity (Wildman–Crippen MR) is 193 cm³/mol. The van der Waals surface area contributed by atoms with Crippen LogP contribution in [0.1, 0.15) is 43.2 Å². The second-order valence-electron chi connectivity index (χ2n) is 14.1. The number of hydrogen-bond donors (Lipinski definition) is 0. The number of anilines is 1. The molecule has 4 saturated carbocycles. The lowest BCUT2D eigenvalue weighted by Gasteiger charge is -2.62. The highest BCUT2D eigenvalue weighted by Gasteiger charge is 2.58. The highest BCUT2D eigenvalue weighted by atomic mass is 32.2. The zero-order chi connectivity index (χ0) is 31.0. The van der Waals surface area contributed by atoms with Crippen molar-refractivity contribution in [2.75, 3.05) is 10.8 Å². The van der Waals surface area contributed by atoms with Crippen molar-refractivity contribution in [3.63, 3.8) is 0 Å². The van der Waals surface area contributed by atoms with Gasteiger partial charge in [-0.05, 0) is 115 Å². The lowest BCUT2D eigenvalue weighted by atomic mass is 9.42. The molecule has 4 bridgehead atoms. The maximum Gasteiger partial charge on any atom is 0.137 e. The fourth-order valence-electron chi connectivity index (χ4n) is 10.1. The number of nitrogens with zero attached hydrogens (tertiary/aromatic N) is 3. The Morgan fingerprint density at radius 1 is 0.660 bits per heavy atom. The van der Waals surface area contributed by atoms with Gasteiger partial charge in [0.05, 0.1) is 16.9 Å². The topological polar surface area (TPSA) is 30.3 Å². The zero-order valence-electron chi connectivity index (χ0n) is 26.3. The van der Waals surface area contributed by atoms with E-state index in [1.807, 2.05) is 6.07 Å². The minimum atomic E-state index is 0.0352. The van der Waals surface area contributed by atoms with Crippen LogP contribution in [0.5, 0.6) is 11.5 Å². The molecule has 0 spiro atoms. The molecule has 0 amide bonds. The summed E-state index contributed by atoms with van der Waals surface area (Å²) >= 11 is 1.80. The van der Waals surface area contributed by atoms with Crippen LogP contribution in [-0.4, -0.2) is 15.4 Å². The molecule has 3 heterocycles. The molecule has 0 atom stereocenters. The molecule has 0 N–H and O–H groups in total. The largest absolute Gasteiger partial charge is 0.457 e. The maximum absolute atomic E-state index is 6.54. The van der Waals surface area contributed by atoms with E-state index in [0.29, 0.717) is 11.8 Å². The summed E-state index contributed by atoms with van der Waals surface area (Å²) in [6.07, 6.45) is 11.0. The highest BCUT2D eigenvalue weighted by Crippen LogP contribution is 2.65. The normalized spacial score (nSPS) is 26.1. The second-order valence-corrected chi connectivity index (χ2v) is 15.0. The first kappa shape index (κ1) is 27.6. The molecule has 6 aromatic rings. The van der Waals surface area contributed by atoms with E-state index in [1.165, 1.54) is 59.5 Å². The van der Waals surface area contributed by atoms with E-state index >= 15 is 0 Å². The molecule has 4 aliphatic carbocycles. The van der Waals surface area contributed by atoms with Crippen molar-refractivity contribution < 1.29 is 4.74 Å². The summed E-state index contributed by atoms with van der Waals surface area (Å²) in [5.74, 6) is 6.73. The Hall–Kier alpha value is -4.48. The van der Waals surface area contributed by atoms with Gasteiger partial charge >= 0.3 is 0 Å². The molecule has 5 heteroatoms. The van der Waals surface area contributed by atoms with Gasteiger partial charge in [-0.2, -0.15) is 0 Å². The Labute approximate surface area is 280 Å². The number of thioether (sulfide) groups is 1. The van der Waals surface area contributed by atoms with Gasteiger partial charge in [0.25, 0.3) is 0 Å². The number of fused-ring (bicyclic) bond motifs is 3. The number of rotatable bonds is 6. The minimum absolute atomic E-state index is 0.0352. The summed E-state index contributed by atoms with van der Waals surface area (Å²) in [5.41, 5.74) is 6.39. The fraction of sp³-hybridized carbons (Fsp3) is 0.262. The van der Waals surface area contributed by atoms with Crippen LogP contribution < -0.4 is 9.64 Å². The van der Waals surface area contributed by atoms with E-state index in [9.17, 15) is 0 Å². The molecule has 2 aromatic heterocycles. The van der Waals surface area contributed by atoms with Crippen LogP contribution in [0.25, 0.3) is 27.6 Å². The van der Waals surface area contributed by atoms with Crippen LogP contribution in [0.4, 0.5) is 5.69 Å². The van der Waals surface area contributed by atoms with Crippen LogP contribution in [0, 0.1) is 23.7 Å². The molecule has 0 saturated heterocycles. The van der Waals surface area contributed by atoms with Crippen molar-refractivity contribution in [2.45, 2.75) is 37.5 Å². The number of pyridine rings is 1. The summed E-state index contributed by atoms with van der Waals surface area (Å²) in [5, 5.41) is 4.57. The zero-order valence-corrected chi connectivity index (χ0v) is 27.2. The Bertz CT molecular complexity index is 2140. The first-order valence-electron chi connectivity index (χ1n) is 17.1. The predicted octanol–water partition coefficient (Wildman–Crippen LogP) is 10.7. The lowest BCUT2D eigenvalue weighted by Crippen LogP contribution is -2.56. The van der Waals surface area contributed by atoms with Gasteiger partial charge in [-0.3, -0.25) is 4.57 Å². The summed E-state index contributed by atoms with van der Waals surface area (Å²) in [7, 11) is 0. The molecule has 4 fully saturated rings. The third-order valence-corrected chi connectivity index (χ3v) is 12.5. The van der Waals surface area contributed by atoms with Crippen molar-refractivity contribution in [1.82, 2.24) is 9.55 Å². The minimum Gasteiger partial charge on any atom is -0.457 e. The molecular formula is C42H37N3OS. The van der Waals surface area contributed by atoms with Gasteiger partial charge in [0.2, 0.25) is 0 Å². The van der Waals surface area contributed by atoms with E-state index in [-0.39, 0.29) is 5.41 Å². The third-order valence-electron chi connectivity index (χ3n) is 11.7. The SMILES string of the molecule is C1=CN(c2cccc(Oc3ccc4c5ccccc5n(-c5cc(C6(c7ccccc7)C7CC8CC(C7)CC6C8)ccn5)c4c3)c2)CS1. The number of benzene rings is 4. The van der Waals surface area contributed by atoms with Crippen LogP contribution in [0.15, 0.2) is 127 Å². The first-order valence-corrected chi connectivity index (χ1v) is 18.2. The van der Waals surface area contributed by atoms with E-state index in [4.69, 9.17) is 9.72 Å². The monoisotopic (exact) mass is 631 g/mol. The van der Waals surface area contributed by atoms with Crippen molar-refractivity contribution in [3.05, 3.63) is 138 Å². The summed E-state index contributed by atoms with van der Waals surface area (Å²) in [4.78, 5) is 7.34. The molecule has 0 radical (unpaired) electrons. The van der Waals surface area contributed by atoms with Crippen LogP contribution in [-0.2, 0) is 5.41 Å². The number of ether oxygens (including phenoxy) is 1. The van der Waals surface area contributed by atoms with Crippen LogP contribution in [0.3, 0.4) is 0 Å². The lowest BCUT2D eigenvalue weighted by molar-refractivity contribution is -0.0418. The van der Waals surface area contributed by atoms with E-state index < -0.39 is 0 Å². The van der Waals surface area contributed by atoms with Gasteiger partial charge in [-0.15, -0.1) is 11.8 Å². The molecule has 47 heavy (non-hydrogen) atoms. The van der Waals surface area contributed by atoms with E-state index in [1.54, 1.807) is 11.8 Å². The van der Waals surface area contributed by atoms with Crippen molar-refractivity contribution >= 4 is 39.3 Å². The number of para-hydroxylation sites is 1. The Kier molecular flexibility index (Phi) is 6.33. The molecule has 4 aromatic carbocycles. The van der Waals surface area contributed by atoms with Crippen LogP contribution in [0.2, 0.25) is 0 Å². The molecule has 5 aliphatic rings. The second kappa shape index (κ2) is 10.8. The third kappa shape index (κ3) is 4.32. The van der Waals surface area contributed by atoms with Gasteiger partial charge in [-0.1, -0.05) is 54.6 Å². The average molecular weight is 632 g/mol. The summed E-state index contributed by atoms with van der Waals surface area (Å²) in [6, 6.07) is 39.8. The summed E-state index contributed by atoms with van der Waals surface area (Å²) in [6.45, 7) is 0. The fourth-order valence-corrected chi connectivity index (χ4v) is 10.8. The Morgan fingerprint density at radius 2 is 1.43 bits per heavy atom. The standard InChI is InChI=1S/C42H37N3OS/c1-2-7-30(8-3-1)42(32-20-28-19-29(22-32)23-33(42)21-28)31-15-16-43-41(24-31)45-39-12-5-4-11-37(39)38-14-13-36(26-40(38)45)46-35-10-6-9-34(25-35)44-17-18-47-27-44/h1-18,24-26,28-29,32-33H,19-23,27H2. The van der Waals surface area contributed by atoms with Gasteiger partial charge in [0.15, 0.2) is 0 Å². The quantitative estimate of drug-likeness (QED) is 0.183. The van der Waals surface area contributed by atoms with Gasteiger partial charge < -0.3 is 9.64 Å². The first-order chi connectivity index (χ1) is 23.2. The maximum atomic E-state index is 6.54. The van der Waals surface area contributed by atoms with Crippen LogP contribution >= 0.6 is 11.8 Å². The molecular weight excluding hydrogens is 595 g/mol. The number of aromatic nitrogens is 2. The van der Waals surface area contributed by atoms with Gasteiger partial charge in [-0.25, -0.2) is 4.98 Å². The summed E-state index contributed by atoms with van der Waals surface area (Å²) < 4.78 is 8.90. The van der Waals surface area contributed by atoms with Crippen molar-refractivity contribution in [3.8, 4) is 17.3 Å². The smallest absolute Gasteiger partial charge is 0.137 e. The average Bonchev–Trinajstić information content (AvgIpc) is 3.76. The van der Waals surface area contributed by atoms with E-state index in [0.717, 1.165) is 46.2 Å². The molecule has 232 valence electrons. The Morgan fingerprint density at radius 3 is 2.23 bits per heavy atom. The van der Waals surface area contributed by atoms with E-state index in [2.05, 4.69) is 130 Å². The Balaban J connectivity index is 1.11. The van der Waals surface area contributed by atoms with Gasteiger partial charge in [0.1, 0.15) is 17.3 Å². The molecule has 0 unspecified atom stereocenters. The van der Waals surface area contributed by atoms with Crippen molar-refractivity contribution in [2.24, 2.45) is 23.7 Å². The van der Waals surface area contributed by atoms with Gasteiger partial charge in [0, 0.05) is 46.4 Å². The highest BCUT2D eigenvalue weighted by molar-refractivity contribution is 8.02.